The van der Waals surface area contributed by atoms with Gasteiger partial charge in [0.25, 0.3) is 17.9 Å². The van der Waals surface area contributed by atoms with E-state index in [4.69, 9.17) is 27.0 Å². The van der Waals surface area contributed by atoms with Gasteiger partial charge in [0.1, 0.15) is 40.3 Å². The number of alkyl halides is 7. The zero-order chi connectivity index (χ0) is 60.0. The molecule has 4 heterocycles. The van der Waals surface area contributed by atoms with Gasteiger partial charge in [-0.25, -0.2) is 49.1 Å². The van der Waals surface area contributed by atoms with Gasteiger partial charge in [0, 0.05) is 78.9 Å². The zero-order valence-corrected chi connectivity index (χ0v) is 49.0. The molecule has 4 aliphatic rings. The maximum atomic E-state index is 14.7. The Morgan fingerprint density at radius 3 is 2.16 bits per heavy atom. The number of benzene rings is 2. The van der Waals surface area contributed by atoms with Crippen LogP contribution in [0.2, 0.25) is 5.02 Å². The number of hydrogen-bond acceptors (Lipinski definition) is 9. The van der Waals surface area contributed by atoms with Crippen LogP contribution >= 0.6 is 11.6 Å². The lowest BCUT2D eigenvalue weighted by Gasteiger charge is -2.37. The lowest BCUT2D eigenvalue weighted by molar-refractivity contribution is -0.118. The summed E-state index contributed by atoms with van der Waals surface area (Å²) in [5.74, 6) is -9.46. The Kier molecular flexibility index (Phi) is 19.6. The maximum absolute atomic E-state index is 14.7. The van der Waals surface area contributed by atoms with Gasteiger partial charge in [-0.2, -0.15) is 13.9 Å². The number of aromatic nitrogens is 5. The SMILES string of the molecule is CC(=O)Cn1nc(C(F)F)c2c1C(F)(F)C1CC21.CCCCC(C)N1CC(F)C[C@@H](C)C1.Cc1c(-n2c(C(Cc3cc(F)cc(F)c3)C(C)C)nc3nc(C4CCC(F)(F)CC4)cc(C)c3c2=O)ccc(Cl)c1C(=N)C(C)S(C)(=O)=O. The predicted molar refractivity (Wildman–Crippen MR) is 296 cm³/mol. The predicted octanol–water partition coefficient (Wildman–Crippen LogP) is 14.3. The van der Waals surface area contributed by atoms with Crippen molar-refractivity contribution >= 4 is 44.0 Å². The van der Waals surface area contributed by atoms with Crippen LogP contribution in [-0.4, -0.2) is 91.9 Å². The second-order valence-corrected chi connectivity index (χ2v) is 26.1. The topological polar surface area (TPSA) is 144 Å². The van der Waals surface area contributed by atoms with Crippen LogP contribution in [0, 0.1) is 48.6 Å². The summed E-state index contributed by atoms with van der Waals surface area (Å²) in [6.45, 7) is 17.7. The normalized spacial score (nSPS) is 21.6. The average molecular weight is 1180 g/mol. The number of ketones is 1. The third-order valence-corrected chi connectivity index (χ3v) is 18.3. The molecule has 0 amide bonds. The van der Waals surface area contributed by atoms with E-state index in [9.17, 15) is 57.5 Å². The monoisotopic (exact) mass is 1180 g/mol. The van der Waals surface area contributed by atoms with Gasteiger partial charge < -0.3 is 5.41 Å². The molecule has 0 radical (unpaired) electrons. The summed E-state index contributed by atoms with van der Waals surface area (Å²) < 4.78 is 150. The molecule has 1 N–H and O–H groups in total. The minimum absolute atomic E-state index is 0.0266. The molecule has 3 aliphatic carbocycles. The Morgan fingerprint density at radius 2 is 1.59 bits per heavy atom. The van der Waals surface area contributed by atoms with Gasteiger partial charge in [-0.15, -0.1) is 0 Å². The number of carbonyl (C=O) groups excluding carboxylic acids is 1. The van der Waals surface area contributed by atoms with E-state index in [0.29, 0.717) is 46.6 Å². The zero-order valence-electron chi connectivity index (χ0n) is 47.4. The van der Waals surface area contributed by atoms with Crippen molar-refractivity contribution in [2.45, 2.75) is 187 Å². The number of rotatable bonds is 16. The molecule has 9 rings (SSSR count). The molecule has 7 atom stereocenters. The summed E-state index contributed by atoms with van der Waals surface area (Å²) in [6.07, 6.45) is 2.31. The molecular formula is C59H73ClF9N7O4S. The molecule has 3 aromatic heterocycles. The van der Waals surface area contributed by atoms with E-state index in [1.54, 1.807) is 26.0 Å². The van der Waals surface area contributed by atoms with E-state index >= 15 is 0 Å². The van der Waals surface area contributed by atoms with Crippen LogP contribution in [0.15, 0.2) is 41.2 Å². The van der Waals surface area contributed by atoms with Gasteiger partial charge in [-0.1, -0.05) is 52.1 Å². The van der Waals surface area contributed by atoms with Crippen LogP contribution in [0.5, 0.6) is 0 Å². The number of piperidine rings is 1. The fraction of sp³-hybridized carbons (Fsp3) is 0.593. The quantitative estimate of drug-likeness (QED) is 0.0760. The van der Waals surface area contributed by atoms with Crippen LogP contribution in [0.3, 0.4) is 0 Å². The van der Waals surface area contributed by atoms with E-state index in [-0.39, 0.29) is 95.6 Å². The first kappa shape index (κ1) is 63.4. The first-order valence-corrected chi connectivity index (χ1v) is 30.1. The van der Waals surface area contributed by atoms with Crippen molar-refractivity contribution < 1.29 is 52.7 Å². The summed E-state index contributed by atoms with van der Waals surface area (Å²) in [5, 5.41) is 11.4. The molecule has 2 saturated carbocycles. The van der Waals surface area contributed by atoms with Crippen LogP contribution in [0.25, 0.3) is 16.7 Å². The molecule has 81 heavy (non-hydrogen) atoms. The number of aryl methyl sites for hydroxylation is 1. The highest BCUT2D eigenvalue weighted by molar-refractivity contribution is 7.92. The minimum atomic E-state index is -3.67. The number of hydrogen-bond donors (Lipinski definition) is 1. The van der Waals surface area contributed by atoms with Crippen molar-refractivity contribution in [1.82, 2.24) is 29.2 Å². The molecular weight excluding hydrogens is 1110 g/mol. The first-order valence-electron chi connectivity index (χ1n) is 27.7. The Hall–Kier alpha value is -5.15. The fourth-order valence-corrected chi connectivity index (χ4v) is 12.7. The van der Waals surface area contributed by atoms with Crippen LogP contribution in [0.1, 0.15) is 181 Å². The molecule has 5 aromatic rings. The molecule has 11 nitrogen and oxygen atoms in total. The number of halogens is 10. The molecule has 6 unspecified atom stereocenters. The second-order valence-electron chi connectivity index (χ2n) is 23.4. The fourth-order valence-electron chi connectivity index (χ4n) is 11.8. The molecule has 0 bridgehead atoms. The van der Waals surface area contributed by atoms with E-state index in [1.165, 1.54) is 55.9 Å². The summed E-state index contributed by atoms with van der Waals surface area (Å²) in [5.41, 5.74) is 0.574. The van der Waals surface area contributed by atoms with Gasteiger partial charge in [0.15, 0.2) is 21.3 Å². The lowest BCUT2D eigenvalue weighted by atomic mass is 9.84. The number of pyridine rings is 1. The highest BCUT2D eigenvalue weighted by atomic mass is 35.5. The second kappa shape index (κ2) is 25.0. The Bertz CT molecular complexity index is 3290. The van der Waals surface area contributed by atoms with Crippen molar-refractivity contribution in [2.24, 2.45) is 17.8 Å². The minimum Gasteiger partial charge on any atom is -0.303 e. The van der Waals surface area contributed by atoms with Crippen molar-refractivity contribution in [3.63, 3.8) is 0 Å². The highest BCUT2D eigenvalue weighted by Crippen LogP contribution is 2.68. The van der Waals surface area contributed by atoms with E-state index in [0.717, 1.165) is 30.0 Å². The van der Waals surface area contributed by atoms with Crippen LogP contribution < -0.4 is 5.56 Å². The number of nitrogens with one attached hydrogen (secondary N) is 1. The van der Waals surface area contributed by atoms with E-state index < -0.39 is 91.6 Å². The van der Waals surface area contributed by atoms with Crippen molar-refractivity contribution in [2.75, 3.05) is 19.3 Å². The Balaban J connectivity index is 0.000000237. The van der Waals surface area contributed by atoms with Gasteiger partial charge in [-0.05, 0) is 138 Å². The molecule has 0 spiro atoms. The number of likely N-dealkylation sites (tertiary alicyclic amines) is 1. The Morgan fingerprint density at radius 1 is 0.951 bits per heavy atom. The molecule has 22 heteroatoms. The lowest BCUT2D eigenvalue weighted by Crippen LogP contribution is -2.45. The van der Waals surface area contributed by atoms with Gasteiger partial charge in [0.2, 0.25) is 5.92 Å². The van der Waals surface area contributed by atoms with E-state index in [2.05, 4.69) is 30.8 Å². The standard InChI is InChI=1S/C36H39ClF4N4O3S.C12H24FN.C11H10F4N2O/c1-18(2)26(16-22-14-24(38)17-25(39)15-22)34-44-33-30(19(3)13-28(43-33)23-9-11-36(40,41)12-10-23)35(46)45(34)29-8-7-27(37)31(20(29)4)32(42)21(5)49(6,47)48;1-4-5-6-11(3)14-8-10(2)7-12(13)9-14;1-4(18)3-17-9-7(8(16-17)10(12)13)5-2-6(5)11(9,14)15/h7-8,13-15,17-18,21,23,26,42H,9-12,16H2,1-6H3;10-12H,4-9H2,1-3H3;5-6,10H,2-3H2,1H3/t;10-,11?,12?;/m.1./s1. The molecule has 1 aliphatic heterocycles. The van der Waals surface area contributed by atoms with E-state index in [1.807, 2.05) is 13.8 Å². The van der Waals surface area contributed by atoms with Crippen LogP contribution in [0.4, 0.5) is 39.5 Å². The summed E-state index contributed by atoms with van der Waals surface area (Å²) >= 11 is 6.57. The summed E-state index contributed by atoms with van der Waals surface area (Å²) in [7, 11) is -3.67. The average Bonchev–Trinajstić information content (AvgIpc) is 3.99. The summed E-state index contributed by atoms with van der Waals surface area (Å²) in [6, 6.07) is 8.61. The number of fused-ring (bicyclic) bond motifs is 4. The van der Waals surface area contributed by atoms with Gasteiger partial charge >= 0.3 is 0 Å². The van der Waals surface area contributed by atoms with Crippen molar-refractivity contribution in [1.29, 1.82) is 5.41 Å². The third kappa shape index (κ3) is 14.1. The highest BCUT2D eigenvalue weighted by Gasteiger charge is 2.67. The number of unbranched alkanes of at least 4 members (excludes halogenated alkanes) is 1. The molecule has 2 aromatic carbocycles. The number of carbonyl (C=O) groups is 1. The van der Waals surface area contributed by atoms with Gasteiger partial charge in [0.05, 0.1) is 28.4 Å². The van der Waals surface area contributed by atoms with Crippen LogP contribution in [-0.2, 0) is 33.5 Å². The number of nitrogens with zero attached hydrogens (tertiary/aromatic N) is 6. The van der Waals surface area contributed by atoms with Crippen molar-refractivity contribution in [3.05, 3.63) is 114 Å². The smallest absolute Gasteiger partial charge is 0.293 e. The third-order valence-electron chi connectivity index (χ3n) is 16.5. The number of sulfone groups is 1. The van der Waals surface area contributed by atoms with Gasteiger partial charge in [-0.3, -0.25) is 23.7 Å². The largest absolute Gasteiger partial charge is 0.303 e. The maximum Gasteiger partial charge on any atom is 0.293 e. The Labute approximate surface area is 472 Å². The molecule has 444 valence electrons. The summed E-state index contributed by atoms with van der Waals surface area (Å²) in [4.78, 5) is 37.8. The molecule has 1 saturated heterocycles. The molecule has 3 fully saturated rings. The number of Topliss-reactive ketones (excluding diaryl/α,β-unsaturated/α-hetero) is 1. The van der Waals surface area contributed by atoms with Crippen molar-refractivity contribution in [3.8, 4) is 5.69 Å². The first-order chi connectivity index (χ1) is 37.8.